The molecule has 1 rings (SSSR count). The minimum atomic E-state index is 0.125. The molecule has 0 aliphatic rings. The van der Waals surface area contributed by atoms with Crippen LogP contribution in [0.2, 0.25) is 0 Å². The van der Waals surface area contributed by atoms with E-state index in [2.05, 4.69) is 19.2 Å². The summed E-state index contributed by atoms with van der Waals surface area (Å²) in [5.74, 6) is 0.949. The zero-order chi connectivity index (χ0) is 12.5. The molecule has 1 aromatic carbocycles. The average Bonchev–Trinajstić information content (AvgIpc) is 2.37. The van der Waals surface area contributed by atoms with E-state index in [1.54, 1.807) is 0 Å². The molecule has 0 aliphatic heterocycles. The predicted octanol–water partition coefficient (Wildman–Crippen LogP) is 2.66. The Hall–Kier alpha value is -1.35. The molecule has 0 aromatic heterocycles. The Kier molecular flexibility index (Phi) is 6.33. The number of Topliss-reactive ketones (excluding diaryl/α,β-unsaturated/α-hetero) is 1. The van der Waals surface area contributed by atoms with E-state index in [1.165, 1.54) is 0 Å². The fraction of sp³-hybridized carbons (Fsp3) is 0.500. The Labute approximate surface area is 103 Å². The summed E-state index contributed by atoms with van der Waals surface area (Å²) in [6, 6.07) is 7.34. The van der Waals surface area contributed by atoms with Gasteiger partial charge in [0.2, 0.25) is 0 Å². The smallest absolute Gasteiger partial charge is 0.176 e. The molecule has 1 N–H and O–H groups in total. The summed E-state index contributed by atoms with van der Waals surface area (Å²) in [4.78, 5) is 11.7. The molecule has 0 aliphatic carbocycles. The van der Waals surface area contributed by atoms with Gasteiger partial charge in [0, 0.05) is 5.56 Å². The first-order valence-corrected chi connectivity index (χ1v) is 6.24. The van der Waals surface area contributed by atoms with E-state index in [0.717, 1.165) is 30.7 Å². The monoisotopic (exact) mass is 235 g/mol. The van der Waals surface area contributed by atoms with Gasteiger partial charge >= 0.3 is 0 Å². The molecular formula is C14H21NO2. The molecule has 0 saturated heterocycles. The molecule has 0 heterocycles. The number of ketones is 1. The Morgan fingerprint density at radius 2 is 1.88 bits per heavy atom. The zero-order valence-corrected chi connectivity index (χ0v) is 10.7. The molecule has 0 atom stereocenters. The van der Waals surface area contributed by atoms with Crippen LogP contribution in [0, 0.1) is 0 Å². The maximum atomic E-state index is 11.7. The average molecular weight is 235 g/mol. The highest BCUT2D eigenvalue weighted by molar-refractivity contribution is 5.97. The van der Waals surface area contributed by atoms with Crippen LogP contribution in [0.1, 0.15) is 37.0 Å². The quantitative estimate of drug-likeness (QED) is 0.556. The standard InChI is InChI=1S/C14H21NO2/c1-3-9-15-11-14(16)12-5-7-13(8-6-12)17-10-4-2/h5-8,15H,3-4,9-11H2,1-2H3. The number of carbonyl (C=O) groups is 1. The topological polar surface area (TPSA) is 38.3 Å². The van der Waals surface area contributed by atoms with E-state index >= 15 is 0 Å². The second kappa shape index (κ2) is 7.85. The van der Waals surface area contributed by atoms with Crippen molar-refractivity contribution >= 4 is 5.78 Å². The summed E-state index contributed by atoms with van der Waals surface area (Å²) < 4.78 is 5.46. The third-order valence-electron chi connectivity index (χ3n) is 2.36. The van der Waals surface area contributed by atoms with Crippen molar-refractivity contribution in [3.05, 3.63) is 29.8 Å². The molecule has 94 valence electrons. The van der Waals surface area contributed by atoms with Crippen LogP contribution in [0.5, 0.6) is 5.75 Å². The Morgan fingerprint density at radius 3 is 2.47 bits per heavy atom. The second-order valence-electron chi connectivity index (χ2n) is 3.97. The van der Waals surface area contributed by atoms with E-state index < -0.39 is 0 Å². The lowest BCUT2D eigenvalue weighted by molar-refractivity contribution is 0.0991. The minimum absolute atomic E-state index is 0.125. The van der Waals surface area contributed by atoms with E-state index in [0.29, 0.717) is 13.2 Å². The van der Waals surface area contributed by atoms with Gasteiger partial charge in [0.1, 0.15) is 5.75 Å². The molecule has 0 saturated carbocycles. The first-order chi connectivity index (χ1) is 8.27. The molecule has 3 heteroatoms. The van der Waals surface area contributed by atoms with Crippen LogP contribution in [0.15, 0.2) is 24.3 Å². The summed E-state index contributed by atoms with van der Waals surface area (Å²) in [6.45, 7) is 6.15. The van der Waals surface area contributed by atoms with Crippen LogP contribution in [0.4, 0.5) is 0 Å². The van der Waals surface area contributed by atoms with Gasteiger partial charge in [-0.15, -0.1) is 0 Å². The number of carbonyl (C=O) groups excluding carboxylic acids is 1. The van der Waals surface area contributed by atoms with Crippen molar-refractivity contribution in [2.75, 3.05) is 19.7 Å². The summed E-state index contributed by atoms with van der Waals surface area (Å²) in [6.07, 6.45) is 2.03. The number of rotatable bonds is 8. The zero-order valence-electron chi connectivity index (χ0n) is 10.7. The van der Waals surface area contributed by atoms with Crippen LogP contribution < -0.4 is 10.1 Å². The van der Waals surface area contributed by atoms with E-state index in [-0.39, 0.29) is 5.78 Å². The van der Waals surface area contributed by atoms with Gasteiger partial charge in [-0.2, -0.15) is 0 Å². The number of hydrogen-bond donors (Lipinski definition) is 1. The van der Waals surface area contributed by atoms with Gasteiger partial charge in [-0.25, -0.2) is 0 Å². The van der Waals surface area contributed by atoms with Gasteiger partial charge in [-0.1, -0.05) is 13.8 Å². The van der Waals surface area contributed by atoms with Crippen molar-refractivity contribution in [1.29, 1.82) is 0 Å². The first kappa shape index (κ1) is 13.7. The summed E-state index contributed by atoms with van der Waals surface area (Å²) in [7, 11) is 0. The third-order valence-corrected chi connectivity index (χ3v) is 2.36. The highest BCUT2D eigenvalue weighted by atomic mass is 16.5. The van der Waals surface area contributed by atoms with Crippen LogP contribution >= 0.6 is 0 Å². The van der Waals surface area contributed by atoms with Crippen LogP contribution in [0.25, 0.3) is 0 Å². The number of nitrogens with one attached hydrogen (secondary N) is 1. The molecule has 0 spiro atoms. The normalized spacial score (nSPS) is 10.2. The van der Waals surface area contributed by atoms with Gasteiger partial charge in [0.15, 0.2) is 5.78 Å². The Morgan fingerprint density at radius 1 is 1.18 bits per heavy atom. The van der Waals surface area contributed by atoms with Crippen LogP contribution in [0.3, 0.4) is 0 Å². The lowest BCUT2D eigenvalue weighted by Gasteiger charge is -2.06. The molecule has 0 amide bonds. The van der Waals surface area contributed by atoms with Gasteiger partial charge < -0.3 is 10.1 Å². The summed E-state index contributed by atoms with van der Waals surface area (Å²) in [5, 5.41) is 3.10. The van der Waals surface area contributed by atoms with Crippen molar-refractivity contribution in [2.24, 2.45) is 0 Å². The Bertz CT molecular complexity index is 333. The van der Waals surface area contributed by atoms with Gasteiger partial charge in [-0.05, 0) is 43.7 Å². The van der Waals surface area contributed by atoms with Crippen molar-refractivity contribution in [2.45, 2.75) is 26.7 Å². The maximum absolute atomic E-state index is 11.7. The van der Waals surface area contributed by atoms with Crippen molar-refractivity contribution in [3.8, 4) is 5.75 Å². The maximum Gasteiger partial charge on any atom is 0.176 e. The van der Waals surface area contributed by atoms with Crippen molar-refractivity contribution in [1.82, 2.24) is 5.32 Å². The highest BCUT2D eigenvalue weighted by Gasteiger charge is 2.04. The third kappa shape index (κ3) is 5.00. The van der Waals surface area contributed by atoms with E-state index in [4.69, 9.17) is 4.74 Å². The SMILES string of the molecule is CCCNCC(=O)c1ccc(OCCC)cc1. The minimum Gasteiger partial charge on any atom is -0.494 e. The molecular weight excluding hydrogens is 214 g/mol. The molecule has 1 aromatic rings. The van der Waals surface area contributed by atoms with Crippen molar-refractivity contribution in [3.63, 3.8) is 0 Å². The molecule has 0 radical (unpaired) electrons. The lowest BCUT2D eigenvalue weighted by atomic mass is 10.1. The van der Waals surface area contributed by atoms with Gasteiger partial charge in [-0.3, -0.25) is 4.79 Å². The predicted molar refractivity (Wildman–Crippen MR) is 69.7 cm³/mol. The van der Waals surface area contributed by atoms with E-state index in [9.17, 15) is 4.79 Å². The van der Waals surface area contributed by atoms with Crippen LogP contribution in [-0.4, -0.2) is 25.5 Å². The number of ether oxygens (including phenoxy) is 1. The molecule has 0 bridgehead atoms. The lowest BCUT2D eigenvalue weighted by Crippen LogP contribution is -2.23. The summed E-state index contributed by atoms with van der Waals surface area (Å²) in [5.41, 5.74) is 0.734. The largest absolute Gasteiger partial charge is 0.494 e. The number of benzene rings is 1. The summed E-state index contributed by atoms with van der Waals surface area (Å²) >= 11 is 0. The fourth-order valence-electron chi connectivity index (χ4n) is 1.44. The van der Waals surface area contributed by atoms with E-state index in [1.807, 2.05) is 24.3 Å². The first-order valence-electron chi connectivity index (χ1n) is 6.24. The Balaban J connectivity index is 2.46. The number of hydrogen-bond acceptors (Lipinski definition) is 3. The van der Waals surface area contributed by atoms with Crippen molar-refractivity contribution < 1.29 is 9.53 Å². The molecule has 17 heavy (non-hydrogen) atoms. The van der Waals surface area contributed by atoms with Gasteiger partial charge in [0.05, 0.1) is 13.2 Å². The molecule has 0 unspecified atom stereocenters. The highest BCUT2D eigenvalue weighted by Crippen LogP contribution is 2.12. The van der Waals surface area contributed by atoms with Crippen LogP contribution in [-0.2, 0) is 0 Å². The second-order valence-corrected chi connectivity index (χ2v) is 3.97. The molecule has 3 nitrogen and oxygen atoms in total. The van der Waals surface area contributed by atoms with Gasteiger partial charge in [0.25, 0.3) is 0 Å². The fourth-order valence-corrected chi connectivity index (χ4v) is 1.44. The molecule has 0 fully saturated rings.